The molecule has 1 saturated heterocycles. The lowest BCUT2D eigenvalue weighted by Crippen LogP contribution is -2.50. The zero-order valence-electron chi connectivity index (χ0n) is 19.9. The maximum absolute atomic E-state index is 15.1. The first kappa shape index (κ1) is 27.1. The number of ether oxygens (including phenoxy) is 1. The largest absolute Gasteiger partial charge is 0.460 e. The smallest absolute Gasteiger partial charge is 0.416 e. The molecule has 8 heteroatoms. The maximum atomic E-state index is 15.1. The number of piperidine rings is 1. The van der Waals surface area contributed by atoms with Crippen molar-refractivity contribution in [2.24, 2.45) is 11.3 Å². The molecule has 0 amide bonds. The van der Waals surface area contributed by atoms with Crippen molar-refractivity contribution < 1.29 is 31.5 Å². The minimum Gasteiger partial charge on any atom is -0.460 e. The summed E-state index contributed by atoms with van der Waals surface area (Å²) in [6.07, 6.45) is -5.57. The van der Waals surface area contributed by atoms with E-state index in [0.717, 1.165) is 12.1 Å². The Hall–Kier alpha value is -2.14. The highest BCUT2D eigenvalue weighted by Gasteiger charge is 2.51. The Morgan fingerprint density at radius 2 is 1.67 bits per heavy atom. The Kier molecular flexibility index (Phi) is 7.90. The molecule has 0 aromatic heterocycles. The molecule has 1 aromatic rings. The van der Waals surface area contributed by atoms with Crippen LogP contribution in [-0.4, -0.2) is 35.5 Å². The van der Waals surface area contributed by atoms with E-state index in [1.807, 2.05) is 20.8 Å². The molecule has 1 heterocycles. The number of alkyl halides is 5. The lowest BCUT2D eigenvalue weighted by Gasteiger charge is -2.45. The first-order chi connectivity index (χ1) is 14.9. The summed E-state index contributed by atoms with van der Waals surface area (Å²) < 4.78 is 74.6. The van der Waals surface area contributed by atoms with Gasteiger partial charge in [0.25, 0.3) is 5.92 Å². The van der Waals surface area contributed by atoms with E-state index < -0.39 is 54.0 Å². The fourth-order valence-corrected chi connectivity index (χ4v) is 3.82. The zero-order valence-corrected chi connectivity index (χ0v) is 19.9. The molecule has 1 unspecified atom stereocenters. The van der Waals surface area contributed by atoms with Crippen molar-refractivity contribution in [1.82, 2.24) is 4.90 Å². The highest BCUT2D eigenvalue weighted by atomic mass is 19.4. The van der Waals surface area contributed by atoms with Gasteiger partial charge in [-0.2, -0.15) is 13.2 Å². The van der Waals surface area contributed by atoms with E-state index in [-0.39, 0.29) is 24.1 Å². The van der Waals surface area contributed by atoms with Gasteiger partial charge in [-0.15, -0.1) is 0 Å². The molecule has 2 rings (SSSR count). The second-order valence-electron chi connectivity index (χ2n) is 10.5. The van der Waals surface area contributed by atoms with Crippen molar-refractivity contribution in [3.05, 3.63) is 35.4 Å². The van der Waals surface area contributed by atoms with Gasteiger partial charge in [0, 0.05) is 24.4 Å². The fraction of sp³-hybridized carbons (Fsp3) is 0.640. The van der Waals surface area contributed by atoms with Gasteiger partial charge in [0.1, 0.15) is 5.60 Å². The standard InChI is InChI=1S/C25H32F5NO2/c1-22(2,3)12-7-14-31-15-13-24(26,27)19(16-20(32)33-23(4,5)6)21(31)17-8-10-18(11-9-17)25(28,29)30/h8-11,19,21H,13-16H2,1-6H3/t19-,21?/m1/s1. The molecule has 3 nitrogen and oxygen atoms in total. The van der Waals surface area contributed by atoms with E-state index >= 15 is 8.78 Å². The van der Waals surface area contributed by atoms with Gasteiger partial charge < -0.3 is 4.74 Å². The highest BCUT2D eigenvalue weighted by molar-refractivity contribution is 5.70. The number of carbonyl (C=O) groups is 1. The van der Waals surface area contributed by atoms with Crippen LogP contribution in [0.3, 0.4) is 0 Å². The maximum Gasteiger partial charge on any atom is 0.416 e. The Morgan fingerprint density at radius 1 is 1.09 bits per heavy atom. The third-order valence-electron chi connectivity index (χ3n) is 5.18. The van der Waals surface area contributed by atoms with Crippen molar-refractivity contribution in [2.45, 2.75) is 78.1 Å². The molecule has 1 aliphatic heterocycles. The molecule has 1 aliphatic rings. The van der Waals surface area contributed by atoms with E-state index in [9.17, 15) is 18.0 Å². The lowest BCUT2D eigenvalue weighted by atomic mass is 9.79. The molecule has 33 heavy (non-hydrogen) atoms. The average Bonchev–Trinajstić information content (AvgIpc) is 2.61. The minimum absolute atomic E-state index is 0.00231. The average molecular weight is 474 g/mol. The summed E-state index contributed by atoms with van der Waals surface area (Å²) >= 11 is 0. The molecule has 0 radical (unpaired) electrons. The van der Waals surface area contributed by atoms with Gasteiger partial charge >= 0.3 is 12.1 Å². The number of rotatable bonds is 4. The molecular formula is C25H32F5NO2. The summed E-state index contributed by atoms with van der Waals surface area (Å²) in [7, 11) is 0. The van der Waals surface area contributed by atoms with E-state index in [4.69, 9.17) is 4.74 Å². The van der Waals surface area contributed by atoms with Crippen molar-refractivity contribution in [1.29, 1.82) is 0 Å². The van der Waals surface area contributed by atoms with E-state index in [2.05, 4.69) is 11.8 Å². The van der Waals surface area contributed by atoms with Crippen LogP contribution in [0.4, 0.5) is 22.0 Å². The summed E-state index contributed by atoms with van der Waals surface area (Å²) in [5.74, 6) is 0.631. The topological polar surface area (TPSA) is 29.5 Å². The number of halogens is 5. The third kappa shape index (κ3) is 7.99. The second-order valence-corrected chi connectivity index (χ2v) is 10.5. The second kappa shape index (κ2) is 9.61. The van der Waals surface area contributed by atoms with Crippen molar-refractivity contribution >= 4 is 5.97 Å². The predicted octanol–water partition coefficient (Wildman–Crippen LogP) is 6.49. The van der Waals surface area contributed by atoms with Gasteiger partial charge in [-0.25, -0.2) is 8.78 Å². The van der Waals surface area contributed by atoms with Gasteiger partial charge in [-0.3, -0.25) is 9.69 Å². The van der Waals surface area contributed by atoms with E-state index in [1.165, 1.54) is 12.1 Å². The number of esters is 1. The van der Waals surface area contributed by atoms with E-state index in [0.29, 0.717) is 0 Å². The summed E-state index contributed by atoms with van der Waals surface area (Å²) in [6.45, 7) is 10.9. The highest BCUT2D eigenvalue weighted by Crippen LogP contribution is 2.47. The minimum atomic E-state index is -4.54. The molecule has 1 fully saturated rings. The molecule has 2 atom stereocenters. The normalized spacial score (nSPS) is 21.8. The number of nitrogens with zero attached hydrogens (tertiary/aromatic N) is 1. The number of hydrogen-bond acceptors (Lipinski definition) is 3. The number of benzene rings is 1. The first-order valence-electron chi connectivity index (χ1n) is 10.9. The van der Waals surface area contributed by atoms with Crippen molar-refractivity contribution in [2.75, 3.05) is 13.1 Å². The van der Waals surface area contributed by atoms with Crippen molar-refractivity contribution in [3.63, 3.8) is 0 Å². The summed E-state index contributed by atoms with van der Waals surface area (Å²) in [6, 6.07) is 3.19. The summed E-state index contributed by atoms with van der Waals surface area (Å²) in [4.78, 5) is 14.2. The van der Waals surface area contributed by atoms with Gasteiger partial charge in [0.2, 0.25) is 0 Å². The van der Waals surface area contributed by atoms with E-state index in [1.54, 1.807) is 25.7 Å². The zero-order chi connectivity index (χ0) is 25.2. The molecule has 184 valence electrons. The summed E-state index contributed by atoms with van der Waals surface area (Å²) in [5, 5.41) is 0. The Bertz CT molecular complexity index is 883. The first-order valence-corrected chi connectivity index (χ1v) is 10.9. The van der Waals surface area contributed by atoms with Crippen LogP contribution in [-0.2, 0) is 15.7 Å². The molecule has 0 spiro atoms. The number of carbonyl (C=O) groups excluding carboxylic acids is 1. The van der Waals surface area contributed by atoms with Crippen LogP contribution in [0.2, 0.25) is 0 Å². The van der Waals surface area contributed by atoms with Gasteiger partial charge in [0.05, 0.1) is 24.4 Å². The van der Waals surface area contributed by atoms with Crippen LogP contribution in [0, 0.1) is 23.2 Å². The number of likely N-dealkylation sites (tertiary alicyclic amines) is 1. The lowest BCUT2D eigenvalue weighted by molar-refractivity contribution is -0.170. The van der Waals surface area contributed by atoms with Gasteiger partial charge in [-0.1, -0.05) is 24.0 Å². The van der Waals surface area contributed by atoms with Gasteiger partial charge in [-0.05, 0) is 59.2 Å². The Balaban J connectivity index is 2.46. The Morgan fingerprint density at radius 3 is 2.15 bits per heavy atom. The van der Waals surface area contributed by atoms with Crippen LogP contribution in [0.25, 0.3) is 0 Å². The summed E-state index contributed by atoms with van der Waals surface area (Å²) in [5.41, 5.74) is -1.72. The fourth-order valence-electron chi connectivity index (χ4n) is 3.82. The SMILES string of the molecule is CC(C)(C)C#CCN1CCC(F)(F)[C@H](CC(=O)OC(C)(C)C)C1c1ccc(C(F)(F)F)cc1. The molecule has 0 saturated carbocycles. The number of hydrogen-bond donors (Lipinski definition) is 0. The molecule has 0 N–H and O–H groups in total. The third-order valence-corrected chi connectivity index (χ3v) is 5.18. The van der Waals surface area contributed by atoms with Crippen LogP contribution in [0.15, 0.2) is 24.3 Å². The molecular weight excluding hydrogens is 441 g/mol. The Labute approximate surface area is 192 Å². The van der Waals surface area contributed by atoms with Crippen molar-refractivity contribution in [3.8, 4) is 11.8 Å². The quantitative estimate of drug-likeness (QED) is 0.285. The predicted molar refractivity (Wildman–Crippen MR) is 117 cm³/mol. The van der Waals surface area contributed by atoms with Crippen LogP contribution in [0.1, 0.15) is 71.6 Å². The van der Waals surface area contributed by atoms with Crippen LogP contribution in [0.5, 0.6) is 0 Å². The van der Waals surface area contributed by atoms with Gasteiger partial charge in [0.15, 0.2) is 0 Å². The molecule has 0 aliphatic carbocycles. The molecule has 0 bridgehead atoms. The van der Waals surface area contributed by atoms with Crippen LogP contribution >= 0.6 is 0 Å². The molecule has 1 aromatic carbocycles. The monoisotopic (exact) mass is 473 g/mol. The van der Waals surface area contributed by atoms with Crippen LogP contribution < -0.4 is 0 Å².